The van der Waals surface area contributed by atoms with Crippen LogP contribution in [-0.2, 0) is 5.54 Å². The lowest BCUT2D eigenvalue weighted by atomic mass is 9.81. The van der Waals surface area contributed by atoms with E-state index >= 15 is 0 Å². The molecule has 1 aliphatic heterocycles. The Morgan fingerprint density at radius 3 is 2.19 bits per heavy atom. The molecule has 0 bridgehead atoms. The Hall–Kier alpha value is -3.18. The van der Waals surface area contributed by atoms with Gasteiger partial charge in [0, 0.05) is 7.05 Å². The summed E-state index contributed by atoms with van der Waals surface area (Å²) in [5.41, 5.74) is 8.23. The molecule has 2 unspecified atom stereocenters. The number of halogens is 1. The van der Waals surface area contributed by atoms with E-state index in [1.165, 1.54) is 12.1 Å². The number of hydrogen-bond donors (Lipinski definition) is 2. The highest BCUT2D eigenvalue weighted by Crippen LogP contribution is 2.42. The summed E-state index contributed by atoms with van der Waals surface area (Å²) in [5.74, 6) is -0.0268. The maximum absolute atomic E-state index is 13.7. The molecule has 136 valence electrons. The SMILES string of the molecule is CN1C(N)=NC(c2ccccc2)(c2cccc(-c3cccc(F)c3)c2)C1O. The third-order valence-corrected chi connectivity index (χ3v) is 5.07. The van der Waals surface area contributed by atoms with Gasteiger partial charge in [0.05, 0.1) is 0 Å². The van der Waals surface area contributed by atoms with Crippen LogP contribution in [0.4, 0.5) is 4.39 Å². The van der Waals surface area contributed by atoms with E-state index in [1.807, 2.05) is 60.7 Å². The highest BCUT2D eigenvalue weighted by molar-refractivity contribution is 5.82. The number of nitrogens with two attached hydrogens (primary N) is 1. The van der Waals surface area contributed by atoms with Gasteiger partial charge in [-0.25, -0.2) is 9.38 Å². The van der Waals surface area contributed by atoms with E-state index in [9.17, 15) is 9.50 Å². The fraction of sp³-hybridized carbons (Fsp3) is 0.136. The molecular formula is C22H20FN3O. The van der Waals surface area contributed by atoms with Crippen molar-refractivity contribution >= 4 is 5.96 Å². The predicted molar refractivity (Wildman–Crippen MR) is 104 cm³/mol. The highest BCUT2D eigenvalue weighted by Gasteiger charge is 2.49. The van der Waals surface area contributed by atoms with E-state index in [2.05, 4.69) is 4.99 Å². The molecule has 27 heavy (non-hydrogen) atoms. The first-order valence-electron chi connectivity index (χ1n) is 8.70. The molecule has 4 rings (SSSR count). The molecule has 3 aromatic carbocycles. The molecule has 0 aliphatic carbocycles. The lowest BCUT2D eigenvalue weighted by Gasteiger charge is -2.33. The number of aliphatic imine (C=N–C) groups is 1. The minimum atomic E-state index is -1.05. The number of likely N-dealkylation sites (N-methyl/N-ethyl adjacent to an activating group) is 1. The smallest absolute Gasteiger partial charge is 0.194 e. The standard InChI is InChI=1S/C22H20FN3O/c1-26-20(27)22(25-21(26)24,17-9-3-2-4-10-17)18-11-5-7-15(13-18)16-8-6-12-19(23)14-16/h2-14,20,27H,1H3,(H2,24,25). The maximum atomic E-state index is 13.7. The van der Waals surface area contributed by atoms with Gasteiger partial charge in [0.15, 0.2) is 17.7 Å². The Labute approximate surface area is 157 Å². The average molecular weight is 361 g/mol. The van der Waals surface area contributed by atoms with Crippen LogP contribution >= 0.6 is 0 Å². The summed E-state index contributed by atoms with van der Waals surface area (Å²) >= 11 is 0. The number of aliphatic hydroxyl groups is 1. The maximum Gasteiger partial charge on any atom is 0.194 e. The molecule has 3 N–H and O–H groups in total. The van der Waals surface area contributed by atoms with Crippen LogP contribution < -0.4 is 5.73 Å². The fourth-order valence-electron chi connectivity index (χ4n) is 3.61. The van der Waals surface area contributed by atoms with Crippen molar-refractivity contribution in [2.45, 2.75) is 11.8 Å². The molecular weight excluding hydrogens is 341 g/mol. The summed E-state index contributed by atoms with van der Waals surface area (Å²) in [5, 5.41) is 11.1. The molecule has 3 aromatic rings. The van der Waals surface area contributed by atoms with Gasteiger partial charge < -0.3 is 15.7 Å². The molecule has 4 nitrogen and oxygen atoms in total. The number of hydrogen-bond acceptors (Lipinski definition) is 4. The summed E-state index contributed by atoms with van der Waals surface area (Å²) < 4.78 is 13.7. The second-order valence-corrected chi connectivity index (χ2v) is 6.68. The van der Waals surface area contributed by atoms with Gasteiger partial charge in [0.1, 0.15) is 5.82 Å². The lowest BCUT2D eigenvalue weighted by Crippen LogP contribution is -2.45. The first-order chi connectivity index (χ1) is 13.0. The van der Waals surface area contributed by atoms with Crippen molar-refractivity contribution in [1.82, 2.24) is 4.90 Å². The Bertz CT molecular complexity index is 1010. The van der Waals surface area contributed by atoms with E-state index in [0.29, 0.717) is 0 Å². The lowest BCUT2D eigenvalue weighted by molar-refractivity contribution is 0.0311. The molecule has 0 radical (unpaired) electrons. The van der Waals surface area contributed by atoms with Crippen molar-refractivity contribution in [1.29, 1.82) is 0 Å². The Balaban J connectivity index is 1.92. The minimum Gasteiger partial charge on any atom is -0.370 e. The van der Waals surface area contributed by atoms with Crippen LogP contribution in [-0.4, -0.2) is 29.2 Å². The van der Waals surface area contributed by atoms with Gasteiger partial charge in [-0.3, -0.25) is 0 Å². The third-order valence-electron chi connectivity index (χ3n) is 5.07. The van der Waals surface area contributed by atoms with Crippen molar-refractivity contribution in [2.75, 3.05) is 7.05 Å². The number of aliphatic hydroxyl groups excluding tert-OH is 1. The molecule has 0 saturated heterocycles. The number of guanidine groups is 1. The van der Waals surface area contributed by atoms with Crippen LogP contribution in [0.5, 0.6) is 0 Å². The van der Waals surface area contributed by atoms with Crippen LogP contribution in [0.3, 0.4) is 0 Å². The van der Waals surface area contributed by atoms with Crippen molar-refractivity contribution < 1.29 is 9.50 Å². The van der Waals surface area contributed by atoms with Crippen LogP contribution in [0, 0.1) is 5.82 Å². The first-order valence-corrected chi connectivity index (χ1v) is 8.70. The molecule has 0 amide bonds. The van der Waals surface area contributed by atoms with Crippen molar-refractivity contribution in [3.8, 4) is 11.1 Å². The van der Waals surface area contributed by atoms with Crippen molar-refractivity contribution in [2.24, 2.45) is 10.7 Å². The van der Waals surface area contributed by atoms with Crippen LogP contribution in [0.15, 0.2) is 83.9 Å². The zero-order chi connectivity index (χ0) is 19.0. The Morgan fingerprint density at radius 1 is 0.926 bits per heavy atom. The van der Waals surface area contributed by atoms with Gasteiger partial charge in [-0.15, -0.1) is 0 Å². The molecule has 1 heterocycles. The quantitative estimate of drug-likeness (QED) is 0.752. The predicted octanol–water partition coefficient (Wildman–Crippen LogP) is 3.31. The molecule has 5 heteroatoms. The van der Waals surface area contributed by atoms with Gasteiger partial charge in [-0.1, -0.05) is 60.7 Å². The van der Waals surface area contributed by atoms with Crippen LogP contribution in [0.1, 0.15) is 11.1 Å². The summed E-state index contributed by atoms with van der Waals surface area (Å²) in [4.78, 5) is 6.23. The second-order valence-electron chi connectivity index (χ2n) is 6.68. The normalized spacial score (nSPS) is 22.0. The van der Waals surface area contributed by atoms with Crippen LogP contribution in [0.25, 0.3) is 11.1 Å². The molecule has 2 atom stereocenters. The number of benzene rings is 3. The monoisotopic (exact) mass is 361 g/mol. The summed E-state index contributed by atoms with van der Waals surface area (Å²) in [6, 6.07) is 23.7. The first kappa shape index (κ1) is 17.2. The van der Waals surface area contributed by atoms with E-state index in [1.54, 1.807) is 18.0 Å². The molecule has 0 spiro atoms. The zero-order valence-corrected chi connectivity index (χ0v) is 14.9. The van der Waals surface area contributed by atoms with E-state index in [0.717, 1.165) is 22.3 Å². The van der Waals surface area contributed by atoms with Gasteiger partial charge in [-0.05, 0) is 40.5 Å². The van der Waals surface area contributed by atoms with Gasteiger partial charge in [-0.2, -0.15) is 0 Å². The van der Waals surface area contributed by atoms with Crippen LogP contribution in [0.2, 0.25) is 0 Å². The average Bonchev–Trinajstić information content (AvgIpc) is 2.94. The molecule has 0 aromatic heterocycles. The highest BCUT2D eigenvalue weighted by atomic mass is 19.1. The largest absolute Gasteiger partial charge is 0.370 e. The Kier molecular flexibility index (Phi) is 4.16. The minimum absolute atomic E-state index is 0.266. The second kappa shape index (κ2) is 6.52. The van der Waals surface area contributed by atoms with Crippen molar-refractivity contribution in [3.05, 3.63) is 95.8 Å². The van der Waals surface area contributed by atoms with Gasteiger partial charge in [0.2, 0.25) is 0 Å². The summed E-state index contributed by atoms with van der Waals surface area (Å²) in [6.45, 7) is 0. The van der Waals surface area contributed by atoms with Gasteiger partial charge >= 0.3 is 0 Å². The molecule has 0 saturated carbocycles. The van der Waals surface area contributed by atoms with E-state index in [-0.39, 0.29) is 11.8 Å². The topological polar surface area (TPSA) is 61.8 Å². The fourth-order valence-corrected chi connectivity index (χ4v) is 3.61. The molecule has 1 aliphatic rings. The van der Waals surface area contributed by atoms with Crippen molar-refractivity contribution in [3.63, 3.8) is 0 Å². The van der Waals surface area contributed by atoms with E-state index in [4.69, 9.17) is 5.73 Å². The molecule has 0 fully saturated rings. The van der Waals surface area contributed by atoms with Gasteiger partial charge in [0.25, 0.3) is 0 Å². The Morgan fingerprint density at radius 2 is 1.56 bits per heavy atom. The zero-order valence-electron chi connectivity index (χ0n) is 14.9. The summed E-state index contributed by atoms with van der Waals surface area (Å²) in [6.07, 6.45) is -0.956. The van der Waals surface area contributed by atoms with E-state index < -0.39 is 11.8 Å². The number of rotatable bonds is 3. The number of nitrogens with zero attached hydrogens (tertiary/aromatic N) is 2. The summed E-state index contributed by atoms with van der Waals surface area (Å²) in [7, 11) is 1.71. The third kappa shape index (κ3) is 2.76.